The molecule has 4 amide bonds. The van der Waals surface area contributed by atoms with Crippen molar-refractivity contribution in [3.05, 3.63) is 24.2 Å². The van der Waals surface area contributed by atoms with Gasteiger partial charge in [-0.15, -0.1) is 0 Å². The lowest BCUT2D eigenvalue weighted by Gasteiger charge is -2.27. The fourth-order valence-corrected chi connectivity index (χ4v) is 2.17. The van der Waals surface area contributed by atoms with Gasteiger partial charge in [0.05, 0.1) is 33.4 Å². The summed E-state index contributed by atoms with van der Waals surface area (Å²) in [6, 6.07) is 2.58. The molecule has 0 saturated carbocycles. The first kappa shape index (κ1) is 16.9. The number of imide groups is 2. The van der Waals surface area contributed by atoms with E-state index in [1.807, 2.05) is 14.1 Å². The summed E-state index contributed by atoms with van der Waals surface area (Å²) < 4.78 is 5.14. The Balaban J connectivity index is 1.98. The molecular formula is C15H21N4O4+. The minimum atomic E-state index is -1.07. The number of amides is 4. The molecule has 0 spiro atoms. The molecule has 1 atom stereocenters. The Labute approximate surface area is 134 Å². The predicted molar refractivity (Wildman–Crippen MR) is 81.9 cm³/mol. The van der Waals surface area contributed by atoms with E-state index in [2.05, 4.69) is 10.3 Å². The highest BCUT2D eigenvalue weighted by Crippen LogP contribution is 2.13. The van der Waals surface area contributed by atoms with Crippen LogP contribution in [0.1, 0.15) is 12.2 Å². The second-order valence-electron chi connectivity index (χ2n) is 5.64. The Kier molecular flexibility index (Phi) is 5.64. The summed E-state index contributed by atoms with van der Waals surface area (Å²) in [6.07, 6.45) is 3.64. The number of nitrogens with zero attached hydrogens (tertiary/aromatic N) is 2. The molecule has 1 aliphatic heterocycles. The van der Waals surface area contributed by atoms with Gasteiger partial charge in [0.15, 0.2) is 5.92 Å². The number of quaternary nitrogens is 1. The van der Waals surface area contributed by atoms with Gasteiger partial charge >= 0.3 is 6.03 Å². The van der Waals surface area contributed by atoms with E-state index in [0.29, 0.717) is 12.3 Å². The van der Waals surface area contributed by atoms with Crippen molar-refractivity contribution >= 4 is 24.1 Å². The second-order valence-corrected chi connectivity index (χ2v) is 5.64. The van der Waals surface area contributed by atoms with E-state index >= 15 is 0 Å². The molecule has 124 valence electrons. The zero-order chi connectivity index (χ0) is 16.8. The number of carbonyl (C=O) groups is 3. The van der Waals surface area contributed by atoms with Crippen LogP contribution in [0.4, 0.5) is 4.79 Å². The maximum absolute atomic E-state index is 12.4. The molecule has 1 unspecified atom stereocenters. The number of hydrogen-bond donors (Lipinski definition) is 2. The van der Waals surface area contributed by atoms with Crippen molar-refractivity contribution in [2.75, 3.05) is 27.2 Å². The molecule has 1 aromatic rings. The Bertz CT molecular complexity index is 595. The highest BCUT2D eigenvalue weighted by molar-refractivity contribution is 6.23. The zero-order valence-corrected chi connectivity index (χ0v) is 13.2. The van der Waals surface area contributed by atoms with Gasteiger partial charge in [0, 0.05) is 19.2 Å². The first-order chi connectivity index (χ1) is 11.0. The van der Waals surface area contributed by atoms with Gasteiger partial charge < -0.3 is 9.32 Å². The lowest BCUT2D eigenvalue weighted by atomic mass is 10.1. The van der Waals surface area contributed by atoms with Crippen LogP contribution >= 0.6 is 0 Å². The average molecular weight is 321 g/mol. The van der Waals surface area contributed by atoms with E-state index in [1.54, 1.807) is 12.1 Å². The summed E-state index contributed by atoms with van der Waals surface area (Å²) in [5.74, 6) is -1.84. The molecule has 1 saturated heterocycles. The Morgan fingerprint density at radius 3 is 2.83 bits per heavy atom. The van der Waals surface area contributed by atoms with Crippen LogP contribution in [0.2, 0.25) is 0 Å². The third-order valence-corrected chi connectivity index (χ3v) is 3.40. The van der Waals surface area contributed by atoms with Crippen molar-refractivity contribution in [1.82, 2.24) is 10.2 Å². The Morgan fingerprint density at radius 1 is 1.39 bits per heavy atom. The molecule has 1 aliphatic rings. The smallest absolute Gasteiger partial charge is 0.331 e. The van der Waals surface area contributed by atoms with E-state index < -0.39 is 23.8 Å². The van der Waals surface area contributed by atoms with Crippen LogP contribution in [0.3, 0.4) is 0 Å². The first-order valence-electron chi connectivity index (χ1n) is 7.46. The van der Waals surface area contributed by atoms with Crippen molar-refractivity contribution in [2.45, 2.75) is 13.0 Å². The van der Waals surface area contributed by atoms with Crippen LogP contribution in [0.5, 0.6) is 0 Å². The number of hydrogen-bond acceptors (Lipinski definition) is 5. The van der Waals surface area contributed by atoms with Crippen molar-refractivity contribution in [1.29, 1.82) is 0 Å². The highest BCUT2D eigenvalue weighted by Gasteiger charge is 2.39. The van der Waals surface area contributed by atoms with Gasteiger partial charge in [-0.3, -0.25) is 24.8 Å². The molecule has 0 aliphatic carbocycles. The van der Waals surface area contributed by atoms with Crippen molar-refractivity contribution in [3.63, 3.8) is 0 Å². The fourth-order valence-electron chi connectivity index (χ4n) is 2.17. The summed E-state index contributed by atoms with van der Waals surface area (Å²) in [5.41, 5.74) is 0. The SMILES string of the molecule is C[NH+](C)CCCN=CC1C(=O)NC(=O)N(Cc2ccco2)C1=O. The summed E-state index contributed by atoms with van der Waals surface area (Å²) >= 11 is 0. The van der Waals surface area contributed by atoms with Crippen LogP contribution in [0, 0.1) is 5.92 Å². The molecule has 2 N–H and O–H groups in total. The van der Waals surface area contributed by atoms with Gasteiger partial charge in [-0.1, -0.05) is 0 Å². The molecule has 0 bridgehead atoms. The first-order valence-corrected chi connectivity index (χ1v) is 7.46. The number of carbonyl (C=O) groups excluding carboxylic acids is 3. The van der Waals surface area contributed by atoms with Crippen LogP contribution in [-0.2, 0) is 16.1 Å². The monoisotopic (exact) mass is 321 g/mol. The number of aliphatic imine (C=N–C) groups is 1. The largest absolute Gasteiger partial charge is 0.467 e. The van der Waals surface area contributed by atoms with Gasteiger partial charge in [-0.25, -0.2) is 4.79 Å². The number of nitrogens with one attached hydrogen (secondary N) is 2. The molecule has 2 heterocycles. The Morgan fingerprint density at radius 2 is 2.17 bits per heavy atom. The van der Waals surface area contributed by atoms with Crippen molar-refractivity contribution < 1.29 is 23.7 Å². The number of urea groups is 1. The van der Waals surface area contributed by atoms with E-state index in [1.165, 1.54) is 17.4 Å². The third-order valence-electron chi connectivity index (χ3n) is 3.40. The average Bonchev–Trinajstić information content (AvgIpc) is 2.99. The topological polar surface area (TPSA) is 96.4 Å². The predicted octanol–water partition coefficient (Wildman–Crippen LogP) is -0.920. The van der Waals surface area contributed by atoms with Gasteiger partial charge in [0.2, 0.25) is 11.8 Å². The number of rotatable bonds is 7. The molecule has 23 heavy (non-hydrogen) atoms. The highest BCUT2D eigenvalue weighted by atomic mass is 16.3. The lowest BCUT2D eigenvalue weighted by Crippen LogP contribution is -3.05. The van der Waals surface area contributed by atoms with E-state index in [0.717, 1.165) is 17.9 Å². The molecule has 0 radical (unpaired) electrons. The lowest BCUT2D eigenvalue weighted by molar-refractivity contribution is -0.858. The molecule has 8 nitrogen and oxygen atoms in total. The zero-order valence-electron chi connectivity index (χ0n) is 13.2. The van der Waals surface area contributed by atoms with Gasteiger partial charge in [0.25, 0.3) is 0 Å². The van der Waals surface area contributed by atoms with E-state index in [9.17, 15) is 14.4 Å². The van der Waals surface area contributed by atoms with Gasteiger partial charge in [-0.2, -0.15) is 0 Å². The van der Waals surface area contributed by atoms with Crippen molar-refractivity contribution in [2.24, 2.45) is 10.9 Å². The molecule has 8 heteroatoms. The van der Waals surface area contributed by atoms with Crippen LogP contribution in [-0.4, -0.2) is 56.1 Å². The maximum atomic E-state index is 12.4. The molecule has 1 fully saturated rings. The molecule has 1 aromatic heterocycles. The normalized spacial score (nSPS) is 19.0. The number of furan rings is 1. The van der Waals surface area contributed by atoms with E-state index in [-0.39, 0.29) is 6.54 Å². The quantitative estimate of drug-likeness (QED) is 0.386. The minimum absolute atomic E-state index is 0.0146. The van der Waals surface area contributed by atoms with Crippen LogP contribution < -0.4 is 10.2 Å². The minimum Gasteiger partial charge on any atom is -0.467 e. The fraction of sp³-hybridized carbons (Fsp3) is 0.467. The van der Waals surface area contributed by atoms with Crippen LogP contribution in [0.15, 0.2) is 27.8 Å². The Hall–Kier alpha value is -2.48. The van der Waals surface area contributed by atoms with Gasteiger partial charge in [0.1, 0.15) is 5.76 Å². The number of barbiturate groups is 1. The van der Waals surface area contributed by atoms with E-state index in [4.69, 9.17) is 4.42 Å². The summed E-state index contributed by atoms with van der Waals surface area (Å²) in [7, 11) is 4.08. The standard InChI is InChI=1S/C15H20N4O4/c1-18(2)7-4-6-16-9-12-13(20)17-15(22)19(14(12)21)10-11-5-3-8-23-11/h3,5,8-9,12H,4,6-7,10H2,1-2H3,(H,17,20,22)/p+1. The molecular weight excluding hydrogens is 300 g/mol. The molecule has 2 rings (SSSR count). The summed E-state index contributed by atoms with van der Waals surface area (Å²) in [6.45, 7) is 1.47. The molecule has 0 aromatic carbocycles. The maximum Gasteiger partial charge on any atom is 0.331 e. The third kappa shape index (κ3) is 4.49. The van der Waals surface area contributed by atoms with Crippen molar-refractivity contribution in [3.8, 4) is 0 Å². The summed E-state index contributed by atoms with van der Waals surface area (Å²) in [4.78, 5) is 42.4. The van der Waals surface area contributed by atoms with Crippen LogP contribution in [0.25, 0.3) is 0 Å². The second kappa shape index (κ2) is 7.68. The van der Waals surface area contributed by atoms with Gasteiger partial charge in [-0.05, 0) is 12.1 Å². The summed E-state index contributed by atoms with van der Waals surface area (Å²) in [5, 5.41) is 2.17.